The lowest BCUT2D eigenvalue weighted by Gasteiger charge is -2.23. The molecule has 1 aliphatic rings. The Bertz CT molecular complexity index is 1260. The van der Waals surface area contributed by atoms with E-state index in [1.807, 2.05) is 18.2 Å². The summed E-state index contributed by atoms with van der Waals surface area (Å²) in [7, 11) is 0. The maximum atomic E-state index is 12.0. The molecule has 31 heavy (non-hydrogen) atoms. The SMILES string of the molecule is O=C(O)c1nnc2c(-c3cccc(O)c3)c(-c3ccncc3)nn2c1C1CCCCC1. The number of aromatic nitrogens is 5. The number of aromatic hydroxyl groups is 1. The van der Waals surface area contributed by atoms with Crippen LogP contribution in [0.15, 0.2) is 48.8 Å². The van der Waals surface area contributed by atoms with Crippen molar-refractivity contribution in [2.75, 3.05) is 0 Å². The molecule has 1 fully saturated rings. The summed E-state index contributed by atoms with van der Waals surface area (Å²) in [6, 6.07) is 10.6. The number of pyridine rings is 1. The second kappa shape index (κ2) is 7.79. The summed E-state index contributed by atoms with van der Waals surface area (Å²) in [6.45, 7) is 0. The van der Waals surface area contributed by atoms with Gasteiger partial charge in [-0.1, -0.05) is 31.4 Å². The van der Waals surface area contributed by atoms with Crippen LogP contribution in [0.25, 0.3) is 28.0 Å². The highest BCUT2D eigenvalue weighted by Crippen LogP contribution is 2.39. The first kappa shape index (κ1) is 19.2. The fraction of sp³-hybridized carbons (Fsp3) is 0.261. The highest BCUT2D eigenvalue weighted by atomic mass is 16.4. The summed E-state index contributed by atoms with van der Waals surface area (Å²) in [5, 5.41) is 33.1. The average Bonchev–Trinajstić information content (AvgIpc) is 3.19. The number of carbonyl (C=O) groups is 1. The van der Waals surface area contributed by atoms with Crippen molar-refractivity contribution in [1.82, 2.24) is 24.8 Å². The van der Waals surface area contributed by atoms with Crippen LogP contribution in [0.4, 0.5) is 0 Å². The number of phenols is 1. The number of hydrogen-bond acceptors (Lipinski definition) is 6. The lowest BCUT2D eigenvalue weighted by molar-refractivity contribution is 0.0685. The first-order chi connectivity index (χ1) is 15.1. The van der Waals surface area contributed by atoms with Crippen molar-refractivity contribution < 1.29 is 15.0 Å². The van der Waals surface area contributed by atoms with Crippen LogP contribution in [0.1, 0.15) is 54.2 Å². The van der Waals surface area contributed by atoms with Gasteiger partial charge in [-0.2, -0.15) is 5.10 Å². The van der Waals surface area contributed by atoms with Crippen LogP contribution >= 0.6 is 0 Å². The van der Waals surface area contributed by atoms with E-state index in [0.717, 1.165) is 43.2 Å². The van der Waals surface area contributed by atoms with Crippen molar-refractivity contribution in [3.63, 3.8) is 0 Å². The smallest absolute Gasteiger partial charge is 0.358 e. The predicted octanol–water partition coefficient (Wildman–Crippen LogP) is 4.30. The Kier molecular flexibility index (Phi) is 4.82. The van der Waals surface area contributed by atoms with Gasteiger partial charge in [-0.15, -0.1) is 10.2 Å². The van der Waals surface area contributed by atoms with E-state index >= 15 is 0 Å². The number of aromatic carboxylic acids is 1. The van der Waals surface area contributed by atoms with Gasteiger partial charge in [0.25, 0.3) is 0 Å². The highest BCUT2D eigenvalue weighted by Gasteiger charge is 2.29. The minimum atomic E-state index is -1.10. The van der Waals surface area contributed by atoms with E-state index in [1.54, 1.807) is 35.1 Å². The second-order valence-electron chi connectivity index (χ2n) is 7.82. The molecule has 8 heteroatoms. The molecular weight excluding hydrogens is 394 g/mol. The van der Waals surface area contributed by atoms with Gasteiger partial charge < -0.3 is 10.2 Å². The van der Waals surface area contributed by atoms with E-state index in [0.29, 0.717) is 22.6 Å². The van der Waals surface area contributed by atoms with Gasteiger partial charge in [0.05, 0.1) is 11.3 Å². The van der Waals surface area contributed by atoms with E-state index in [2.05, 4.69) is 15.2 Å². The van der Waals surface area contributed by atoms with Gasteiger partial charge in [0.15, 0.2) is 11.3 Å². The van der Waals surface area contributed by atoms with Crippen LogP contribution < -0.4 is 0 Å². The van der Waals surface area contributed by atoms with Crippen molar-refractivity contribution in [3.8, 4) is 28.1 Å². The monoisotopic (exact) mass is 415 g/mol. The summed E-state index contributed by atoms with van der Waals surface area (Å²) in [4.78, 5) is 16.1. The molecule has 3 aromatic heterocycles. The van der Waals surface area contributed by atoms with E-state index in [4.69, 9.17) is 5.10 Å². The second-order valence-corrected chi connectivity index (χ2v) is 7.82. The van der Waals surface area contributed by atoms with Gasteiger partial charge in [0, 0.05) is 23.9 Å². The van der Waals surface area contributed by atoms with Gasteiger partial charge in [-0.3, -0.25) is 4.98 Å². The lowest BCUT2D eigenvalue weighted by atomic mass is 9.86. The number of carboxylic acids is 1. The van der Waals surface area contributed by atoms with Crippen molar-refractivity contribution >= 4 is 11.6 Å². The van der Waals surface area contributed by atoms with E-state index in [1.165, 1.54) is 0 Å². The Morgan fingerprint density at radius 2 is 1.77 bits per heavy atom. The molecule has 0 amide bonds. The Morgan fingerprint density at radius 1 is 1.00 bits per heavy atom. The normalized spacial score (nSPS) is 14.7. The van der Waals surface area contributed by atoms with Gasteiger partial charge in [0.1, 0.15) is 11.4 Å². The van der Waals surface area contributed by atoms with E-state index in [9.17, 15) is 15.0 Å². The summed E-state index contributed by atoms with van der Waals surface area (Å²) < 4.78 is 1.65. The average molecular weight is 415 g/mol. The molecule has 0 atom stereocenters. The number of nitrogens with zero attached hydrogens (tertiary/aromatic N) is 5. The fourth-order valence-electron chi connectivity index (χ4n) is 4.45. The van der Waals surface area contributed by atoms with Crippen LogP contribution in [-0.2, 0) is 0 Å². The molecule has 1 saturated carbocycles. The van der Waals surface area contributed by atoms with Crippen LogP contribution in [0.5, 0.6) is 5.75 Å². The summed E-state index contributed by atoms with van der Waals surface area (Å²) in [5.74, 6) is -0.921. The third-order valence-corrected chi connectivity index (χ3v) is 5.86. The molecule has 0 unspecified atom stereocenters. The highest BCUT2D eigenvalue weighted by molar-refractivity contribution is 5.92. The molecule has 2 N–H and O–H groups in total. The lowest BCUT2D eigenvalue weighted by Crippen LogP contribution is -2.18. The van der Waals surface area contributed by atoms with Crippen molar-refractivity contribution in [3.05, 3.63) is 60.2 Å². The minimum absolute atomic E-state index is 0.0503. The molecule has 8 nitrogen and oxygen atoms in total. The summed E-state index contributed by atoms with van der Waals surface area (Å²) in [5.41, 5.74) is 3.91. The Labute approximate surface area is 178 Å². The molecule has 3 heterocycles. The minimum Gasteiger partial charge on any atom is -0.508 e. The zero-order valence-electron chi connectivity index (χ0n) is 16.8. The quantitative estimate of drug-likeness (QED) is 0.511. The first-order valence-electron chi connectivity index (χ1n) is 10.4. The molecular formula is C23H21N5O3. The maximum absolute atomic E-state index is 12.0. The summed E-state index contributed by atoms with van der Waals surface area (Å²) >= 11 is 0. The van der Waals surface area contributed by atoms with Crippen LogP contribution in [0, 0.1) is 0 Å². The largest absolute Gasteiger partial charge is 0.508 e. The topological polar surface area (TPSA) is 114 Å². The zero-order chi connectivity index (χ0) is 21.4. The molecule has 0 bridgehead atoms. The molecule has 0 saturated heterocycles. The Morgan fingerprint density at radius 3 is 2.48 bits per heavy atom. The molecule has 0 aliphatic heterocycles. The number of hydrogen-bond donors (Lipinski definition) is 2. The Balaban J connectivity index is 1.85. The van der Waals surface area contributed by atoms with E-state index in [-0.39, 0.29) is 17.4 Å². The molecule has 0 radical (unpaired) electrons. The molecule has 1 aromatic carbocycles. The van der Waals surface area contributed by atoms with Gasteiger partial charge in [-0.05, 0) is 42.7 Å². The molecule has 4 aromatic rings. The number of carboxylic acid groups (broad SMARTS) is 1. The Hall–Kier alpha value is -3.81. The number of fused-ring (bicyclic) bond motifs is 1. The summed E-state index contributed by atoms with van der Waals surface area (Å²) in [6.07, 6.45) is 8.40. The molecule has 1 aliphatic carbocycles. The maximum Gasteiger partial charge on any atom is 0.358 e. The third-order valence-electron chi connectivity index (χ3n) is 5.86. The van der Waals surface area contributed by atoms with Crippen molar-refractivity contribution in [2.24, 2.45) is 0 Å². The number of rotatable bonds is 4. The standard InChI is InChI=1S/C23H21N5O3/c29-17-8-4-7-16(13-17)18-19(14-9-11-24-12-10-14)27-28-21(15-5-2-1-3-6-15)20(23(30)31)25-26-22(18)28/h4,7-13,15,29H,1-3,5-6H2,(H,30,31). The third kappa shape index (κ3) is 3.39. The molecule has 0 spiro atoms. The fourth-order valence-corrected chi connectivity index (χ4v) is 4.45. The van der Waals surface area contributed by atoms with Crippen LogP contribution in [-0.4, -0.2) is 41.0 Å². The number of benzene rings is 1. The zero-order valence-corrected chi connectivity index (χ0v) is 16.8. The molecule has 156 valence electrons. The van der Waals surface area contributed by atoms with Gasteiger partial charge in [-0.25, -0.2) is 9.31 Å². The first-order valence-corrected chi connectivity index (χ1v) is 10.4. The molecule has 5 rings (SSSR count). The van der Waals surface area contributed by atoms with E-state index < -0.39 is 5.97 Å². The van der Waals surface area contributed by atoms with Crippen molar-refractivity contribution in [1.29, 1.82) is 0 Å². The number of phenolic OH excluding ortho intramolecular Hbond substituents is 1. The van der Waals surface area contributed by atoms with Crippen LogP contribution in [0.3, 0.4) is 0 Å². The van der Waals surface area contributed by atoms with Gasteiger partial charge >= 0.3 is 5.97 Å². The predicted molar refractivity (Wildman–Crippen MR) is 114 cm³/mol. The van der Waals surface area contributed by atoms with Gasteiger partial charge in [0.2, 0.25) is 0 Å². The van der Waals surface area contributed by atoms with Crippen LogP contribution in [0.2, 0.25) is 0 Å². The van der Waals surface area contributed by atoms with Crippen molar-refractivity contribution in [2.45, 2.75) is 38.0 Å².